The van der Waals surface area contributed by atoms with E-state index in [0.717, 1.165) is 13.1 Å². The van der Waals surface area contributed by atoms with Gasteiger partial charge in [0, 0.05) is 44.1 Å². The molecule has 2 heterocycles. The fourth-order valence-electron chi connectivity index (χ4n) is 2.78. The molecule has 4 heteroatoms. The molecule has 1 atom stereocenters. The van der Waals surface area contributed by atoms with Crippen LogP contribution >= 0.6 is 0 Å². The summed E-state index contributed by atoms with van der Waals surface area (Å²) in [4.78, 5) is 9.03. The standard InChI is InChI=1S/C14H24N4/c1-17(2)13-5-8-18(9-6-13)14(10-15)12-4-3-7-16-11-12/h3-4,7,11,13-14H,5-6,8-10,15H2,1-2H3. The summed E-state index contributed by atoms with van der Waals surface area (Å²) < 4.78 is 0. The highest BCUT2D eigenvalue weighted by Crippen LogP contribution is 2.24. The number of pyridine rings is 1. The number of nitrogens with two attached hydrogens (primary N) is 1. The van der Waals surface area contributed by atoms with Crippen LogP contribution in [0, 0.1) is 0 Å². The third-order valence-electron chi connectivity index (χ3n) is 3.96. The van der Waals surface area contributed by atoms with Crippen molar-refractivity contribution in [2.45, 2.75) is 24.9 Å². The lowest BCUT2D eigenvalue weighted by Gasteiger charge is -2.39. The number of rotatable bonds is 4. The second-order valence-electron chi connectivity index (χ2n) is 5.27. The number of aromatic nitrogens is 1. The SMILES string of the molecule is CN(C)C1CCN(C(CN)c2cccnc2)CC1. The van der Waals surface area contributed by atoms with Gasteiger partial charge >= 0.3 is 0 Å². The summed E-state index contributed by atoms with van der Waals surface area (Å²) in [6.07, 6.45) is 6.21. The summed E-state index contributed by atoms with van der Waals surface area (Å²) in [5.41, 5.74) is 7.19. The molecule has 0 amide bonds. The molecule has 1 unspecified atom stereocenters. The third-order valence-corrected chi connectivity index (χ3v) is 3.96. The molecule has 100 valence electrons. The molecule has 0 aromatic carbocycles. The topological polar surface area (TPSA) is 45.4 Å². The molecule has 0 bridgehead atoms. The molecule has 4 nitrogen and oxygen atoms in total. The number of likely N-dealkylation sites (tertiary alicyclic amines) is 1. The van der Waals surface area contributed by atoms with Crippen molar-refractivity contribution < 1.29 is 0 Å². The van der Waals surface area contributed by atoms with Crippen molar-refractivity contribution >= 4 is 0 Å². The summed E-state index contributed by atoms with van der Waals surface area (Å²) in [7, 11) is 4.34. The smallest absolute Gasteiger partial charge is 0.0485 e. The Labute approximate surface area is 110 Å². The van der Waals surface area contributed by atoms with Crippen LogP contribution in [0.1, 0.15) is 24.4 Å². The summed E-state index contributed by atoms with van der Waals surface area (Å²) in [5, 5.41) is 0. The number of hydrogen-bond acceptors (Lipinski definition) is 4. The van der Waals surface area contributed by atoms with Crippen LogP contribution in [0.2, 0.25) is 0 Å². The highest BCUT2D eigenvalue weighted by molar-refractivity contribution is 5.14. The van der Waals surface area contributed by atoms with Gasteiger partial charge in [0.15, 0.2) is 0 Å². The van der Waals surface area contributed by atoms with Gasteiger partial charge in [-0.3, -0.25) is 9.88 Å². The minimum atomic E-state index is 0.321. The van der Waals surface area contributed by atoms with Gasteiger partial charge in [-0.05, 0) is 38.6 Å². The largest absolute Gasteiger partial charge is 0.329 e. The maximum atomic E-state index is 5.95. The van der Waals surface area contributed by atoms with E-state index in [1.807, 2.05) is 18.5 Å². The van der Waals surface area contributed by atoms with E-state index in [0.29, 0.717) is 18.6 Å². The lowest BCUT2D eigenvalue weighted by molar-refractivity contribution is 0.110. The molecule has 2 N–H and O–H groups in total. The Morgan fingerprint density at radius 3 is 2.67 bits per heavy atom. The van der Waals surface area contributed by atoms with Gasteiger partial charge in [-0.1, -0.05) is 6.07 Å². The van der Waals surface area contributed by atoms with Crippen LogP contribution in [0.3, 0.4) is 0 Å². The Balaban J connectivity index is 1.99. The van der Waals surface area contributed by atoms with Crippen LogP contribution in [0.5, 0.6) is 0 Å². The summed E-state index contributed by atoms with van der Waals surface area (Å²) in [6.45, 7) is 2.91. The van der Waals surface area contributed by atoms with E-state index in [2.05, 4.69) is 34.9 Å². The van der Waals surface area contributed by atoms with Gasteiger partial charge < -0.3 is 10.6 Å². The molecule has 0 radical (unpaired) electrons. The molecule has 1 saturated heterocycles. The lowest BCUT2D eigenvalue weighted by Crippen LogP contribution is -2.45. The van der Waals surface area contributed by atoms with Crippen molar-refractivity contribution in [1.82, 2.24) is 14.8 Å². The molecule has 1 aliphatic rings. The first kappa shape index (κ1) is 13.5. The number of nitrogens with zero attached hydrogens (tertiary/aromatic N) is 3. The average Bonchev–Trinajstić information content (AvgIpc) is 2.41. The molecule has 2 rings (SSSR count). The fourth-order valence-corrected chi connectivity index (χ4v) is 2.78. The summed E-state index contributed by atoms with van der Waals surface area (Å²) in [6, 6.07) is 5.16. The van der Waals surface area contributed by atoms with E-state index in [9.17, 15) is 0 Å². The van der Waals surface area contributed by atoms with Crippen LogP contribution in [-0.4, -0.2) is 54.6 Å². The van der Waals surface area contributed by atoms with Crippen LogP contribution in [0.4, 0.5) is 0 Å². The van der Waals surface area contributed by atoms with Crippen molar-refractivity contribution in [3.05, 3.63) is 30.1 Å². The summed E-state index contributed by atoms with van der Waals surface area (Å²) in [5.74, 6) is 0. The average molecular weight is 248 g/mol. The Morgan fingerprint density at radius 2 is 2.17 bits per heavy atom. The van der Waals surface area contributed by atoms with Crippen molar-refractivity contribution in [2.24, 2.45) is 5.73 Å². The number of hydrogen-bond donors (Lipinski definition) is 1. The maximum Gasteiger partial charge on any atom is 0.0485 e. The van der Waals surface area contributed by atoms with Crippen LogP contribution < -0.4 is 5.73 Å². The quantitative estimate of drug-likeness (QED) is 0.867. The van der Waals surface area contributed by atoms with Crippen LogP contribution in [0.15, 0.2) is 24.5 Å². The lowest BCUT2D eigenvalue weighted by atomic mass is 9.99. The second kappa shape index (κ2) is 6.27. The molecule has 0 saturated carbocycles. The van der Waals surface area contributed by atoms with E-state index in [1.165, 1.54) is 18.4 Å². The van der Waals surface area contributed by atoms with E-state index in [4.69, 9.17) is 5.73 Å². The second-order valence-corrected chi connectivity index (χ2v) is 5.27. The van der Waals surface area contributed by atoms with Crippen molar-refractivity contribution in [1.29, 1.82) is 0 Å². The first-order valence-electron chi connectivity index (χ1n) is 6.73. The predicted molar refractivity (Wildman–Crippen MR) is 74.3 cm³/mol. The van der Waals surface area contributed by atoms with Gasteiger partial charge in [-0.25, -0.2) is 0 Å². The van der Waals surface area contributed by atoms with Gasteiger partial charge in [0.1, 0.15) is 0 Å². The molecule has 1 aliphatic heterocycles. The Hall–Kier alpha value is -0.970. The zero-order chi connectivity index (χ0) is 13.0. The first-order valence-corrected chi connectivity index (χ1v) is 6.73. The van der Waals surface area contributed by atoms with Crippen molar-refractivity contribution in [3.63, 3.8) is 0 Å². The molecule has 18 heavy (non-hydrogen) atoms. The van der Waals surface area contributed by atoms with Crippen LogP contribution in [0.25, 0.3) is 0 Å². The van der Waals surface area contributed by atoms with Gasteiger partial charge in [-0.2, -0.15) is 0 Å². The molecule has 0 spiro atoms. The molecule has 1 aromatic rings. The summed E-state index contributed by atoms with van der Waals surface area (Å²) >= 11 is 0. The molecular formula is C14H24N4. The maximum absolute atomic E-state index is 5.95. The Kier molecular flexibility index (Phi) is 4.69. The minimum absolute atomic E-state index is 0.321. The van der Waals surface area contributed by atoms with Gasteiger partial charge in [0.25, 0.3) is 0 Å². The first-order chi connectivity index (χ1) is 8.72. The van der Waals surface area contributed by atoms with Gasteiger partial charge in [0.2, 0.25) is 0 Å². The Bertz CT molecular complexity index is 344. The number of piperidine rings is 1. The van der Waals surface area contributed by atoms with Crippen molar-refractivity contribution in [3.8, 4) is 0 Å². The van der Waals surface area contributed by atoms with Gasteiger partial charge in [-0.15, -0.1) is 0 Å². The molecule has 1 aromatic heterocycles. The van der Waals surface area contributed by atoms with Crippen molar-refractivity contribution in [2.75, 3.05) is 33.7 Å². The molecule has 1 fully saturated rings. The molecule has 0 aliphatic carbocycles. The third kappa shape index (κ3) is 3.07. The highest BCUT2D eigenvalue weighted by atomic mass is 15.2. The normalized spacial score (nSPS) is 20.2. The zero-order valence-corrected chi connectivity index (χ0v) is 11.4. The monoisotopic (exact) mass is 248 g/mol. The van der Waals surface area contributed by atoms with Crippen LogP contribution in [-0.2, 0) is 0 Å². The predicted octanol–water partition coefficient (Wildman–Crippen LogP) is 1.11. The fraction of sp³-hybridized carbons (Fsp3) is 0.643. The minimum Gasteiger partial charge on any atom is -0.329 e. The van der Waals surface area contributed by atoms with E-state index < -0.39 is 0 Å². The van der Waals surface area contributed by atoms with E-state index in [-0.39, 0.29) is 0 Å². The highest BCUT2D eigenvalue weighted by Gasteiger charge is 2.26. The van der Waals surface area contributed by atoms with E-state index >= 15 is 0 Å². The zero-order valence-electron chi connectivity index (χ0n) is 11.4. The Morgan fingerprint density at radius 1 is 1.44 bits per heavy atom. The van der Waals surface area contributed by atoms with Gasteiger partial charge in [0.05, 0.1) is 0 Å². The molecular weight excluding hydrogens is 224 g/mol. The van der Waals surface area contributed by atoms with E-state index in [1.54, 1.807) is 0 Å².